The molecule has 4 aliphatic rings. The number of amides is 3. The predicted octanol–water partition coefficient (Wildman–Crippen LogP) is 3.41. The van der Waals surface area contributed by atoms with Gasteiger partial charge in [0.15, 0.2) is 0 Å². The fourth-order valence-electron chi connectivity index (χ4n) is 7.20. The van der Waals surface area contributed by atoms with E-state index in [2.05, 4.69) is 21.2 Å². The van der Waals surface area contributed by atoms with Crippen molar-refractivity contribution in [1.82, 2.24) is 15.1 Å². The van der Waals surface area contributed by atoms with Crippen LogP contribution >= 0.6 is 15.9 Å². The molecule has 2 N–H and O–H groups in total. The Hall–Kier alpha value is -3.80. The van der Waals surface area contributed by atoms with E-state index in [9.17, 15) is 24.3 Å². The SMILES string of the molecule is C[C@@H]1NC(=O)CC/C=C\CN(Cc2ccccc2)C(=O)[C@H]2N(CCCO)C(=O)[C@@H]3[C@@H](C(=O)O[C@H]1c1ccccc1)[C@@H]1O[C@@]32C=C1Br. The molecule has 242 valence electrons. The largest absolute Gasteiger partial charge is 0.455 e. The lowest BCUT2D eigenvalue weighted by Gasteiger charge is -2.36. The van der Waals surface area contributed by atoms with Gasteiger partial charge in [-0.3, -0.25) is 19.2 Å². The molecule has 2 fully saturated rings. The van der Waals surface area contributed by atoms with E-state index in [1.165, 1.54) is 4.90 Å². The van der Waals surface area contributed by atoms with Gasteiger partial charge in [-0.2, -0.15) is 0 Å². The maximum Gasteiger partial charge on any atom is 0.313 e. The molecule has 1 spiro atoms. The lowest BCUT2D eigenvalue weighted by molar-refractivity contribution is -0.161. The highest BCUT2D eigenvalue weighted by Gasteiger charge is 2.74. The fraction of sp³-hybridized carbons (Fsp3) is 0.429. The zero-order chi connectivity index (χ0) is 32.4. The number of aliphatic hydroxyl groups is 1. The van der Waals surface area contributed by atoms with E-state index < -0.39 is 47.7 Å². The smallest absolute Gasteiger partial charge is 0.313 e. The number of hydrogen-bond acceptors (Lipinski definition) is 7. The van der Waals surface area contributed by atoms with Crippen LogP contribution in [0.3, 0.4) is 0 Å². The molecule has 7 atom stereocenters. The maximum absolute atomic E-state index is 14.7. The molecular weight excluding hydrogens is 654 g/mol. The second kappa shape index (κ2) is 13.5. The highest BCUT2D eigenvalue weighted by Crippen LogP contribution is 2.59. The number of likely N-dealkylation sites (tertiary alicyclic amines) is 1. The molecule has 0 saturated carbocycles. The van der Waals surface area contributed by atoms with Gasteiger partial charge in [0.2, 0.25) is 17.7 Å². The van der Waals surface area contributed by atoms with Gasteiger partial charge in [0.05, 0.1) is 12.0 Å². The Balaban J connectivity index is 1.43. The van der Waals surface area contributed by atoms with Crippen LogP contribution in [0.15, 0.2) is 83.4 Å². The van der Waals surface area contributed by atoms with Crippen LogP contribution in [0.1, 0.15) is 43.4 Å². The van der Waals surface area contributed by atoms with E-state index in [0.717, 1.165) is 5.56 Å². The van der Waals surface area contributed by atoms with Gasteiger partial charge >= 0.3 is 5.97 Å². The quantitative estimate of drug-likeness (QED) is 0.351. The summed E-state index contributed by atoms with van der Waals surface area (Å²) in [7, 11) is 0. The number of nitrogens with zero attached hydrogens (tertiary/aromatic N) is 2. The number of rotatable bonds is 6. The molecular formula is C35H38BrN3O7. The summed E-state index contributed by atoms with van der Waals surface area (Å²) in [5, 5.41) is 12.7. The number of esters is 1. The van der Waals surface area contributed by atoms with Crippen LogP contribution in [0, 0.1) is 11.8 Å². The molecule has 2 aromatic carbocycles. The Morgan fingerprint density at radius 1 is 0.978 bits per heavy atom. The number of aliphatic hydroxyl groups excluding tert-OH is 1. The van der Waals surface area contributed by atoms with Crippen LogP contribution in [0.2, 0.25) is 0 Å². The third kappa shape index (κ3) is 5.91. The summed E-state index contributed by atoms with van der Waals surface area (Å²) in [5.74, 6) is -3.60. The molecule has 0 radical (unpaired) electrons. The second-order valence-corrected chi connectivity index (χ2v) is 13.2. The topological polar surface area (TPSA) is 125 Å². The first kappa shape index (κ1) is 32.2. The molecule has 2 saturated heterocycles. The lowest BCUT2D eigenvalue weighted by Crippen LogP contribution is -2.55. The maximum atomic E-state index is 14.7. The van der Waals surface area contributed by atoms with Crippen molar-refractivity contribution in [3.63, 3.8) is 0 Å². The third-order valence-corrected chi connectivity index (χ3v) is 9.94. The van der Waals surface area contributed by atoms with Crippen molar-refractivity contribution in [3.8, 4) is 0 Å². The predicted molar refractivity (Wildman–Crippen MR) is 172 cm³/mol. The molecule has 4 heterocycles. The molecule has 11 heteroatoms. The molecule has 4 aliphatic heterocycles. The average Bonchev–Trinajstić information content (AvgIpc) is 3.64. The number of ether oxygens (including phenoxy) is 2. The highest BCUT2D eigenvalue weighted by molar-refractivity contribution is 9.11. The van der Waals surface area contributed by atoms with Gasteiger partial charge in [-0.1, -0.05) is 88.7 Å². The number of fused-ring (bicyclic) bond motifs is 2. The molecule has 0 aromatic heterocycles. The monoisotopic (exact) mass is 691 g/mol. The van der Waals surface area contributed by atoms with Crippen molar-refractivity contribution in [1.29, 1.82) is 0 Å². The zero-order valence-electron chi connectivity index (χ0n) is 25.6. The van der Waals surface area contributed by atoms with Gasteiger partial charge in [-0.15, -0.1) is 0 Å². The fourth-order valence-corrected chi connectivity index (χ4v) is 7.93. The Morgan fingerprint density at radius 2 is 1.70 bits per heavy atom. The van der Waals surface area contributed by atoms with Crippen molar-refractivity contribution in [3.05, 3.63) is 94.5 Å². The minimum atomic E-state index is -1.41. The van der Waals surface area contributed by atoms with Gasteiger partial charge < -0.3 is 29.7 Å². The summed E-state index contributed by atoms with van der Waals surface area (Å²) < 4.78 is 13.3. The lowest BCUT2D eigenvalue weighted by atomic mass is 9.74. The second-order valence-electron chi connectivity index (χ2n) is 12.3. The van der Waals surface area contributed by atoms with Crippen molar-refractivity contribution in [2.45, 2.75) is 62.6 Å². The molecule has 46 heavy (non-hydrogen) atoms. The van der Waals surface area contributed by atoms with Crippen molar-refractivity contribution >= 4 is 39.6 Å². The summed E-state index contributed by atoms with van der Waals surface area (Å²) in [6.07, 6.45) is 4.77. The van der Waals surface area contributed by atoms with Crippen LogP contribution in [-0.2, 0) is 35.2 Å². The van der Waals surface area contributed by atoms with Gasteiger partial charge in [0.25, 0.3) is 0 Å². The normalized spacial score (nSPS) is 32.2. The molecule has 3 amide bonds. The first-order valence-electron chi connectivity index (χ1n) is 15.7. The molecule has 6 rings (SSSR count). The summed E-state index contributed by atoms with van der Waals surface area (Å²) in [6, 6.07) is 17.1. The van der Waals surface area contributed by atoms with Gasteiger partial charge in [-0.05, 0) is 37.0 Å². The number of carbonyl (C=O) groups is 4. The van der Waals surface area contributed by atoms with Crippen LogP contribution in [0.25, 0.3) is 0 Å². The average molecular weight is 693 g/mol. The van der Waals surface area contributed by atoms with E-state index in [1.54, 1.807) is 17.9 Å². The molecule has 2 aromatic rings. The van der Waals surface area contributed by atoms with Gasteiger partial charge in [0, 0.05) is 37.1 Å². The number of benzene rings is 2. The molecule has 0 unspecified atom stereocenters. The molecule has 10 nitrogen and oxygen atoms in total. The first-order valence-corrected chi connectivity index (χ1v) is 16.5. The Morgan fingerprint density at radius 3 is 2.41 bits per heavy atom. The van der Waals surface area contributed by atoms with E-state index in [1.807, 2.05) is 72.8 Å². The van der Waals surface area contributed by atoms with Crippen molar-refractivity contribution < 1.29 is 33.8 Å². The van der Waals surface area contributed by atoms with E-state index >= 15 is 0 Å². The van der Waals surface area contributed by atoms with Crippen LogP contribution in [0.5, 0.6) is 0 Å². The zero-order valence-corrected chi connectivity index (χ0v) is 27.2. The number of cyclic esters (lactones) is 1. The Labute approximate surface area is 276 Å². The van der Waals surface area contributed by atoms with Crippen molar-refractivity contribution in [2.24, 2.45) is 11.8 Å². The summed E-state index contributed by atoms with van der Waals surface area (Å²) in [4.78, 5) is 59.3. The summed E-state index contributed by atoms with van der Waals surface area (Å²) >= 11 is 3.58. The van der Waals surface area contributed by atoms with Crippen LogP contribution in [-0.4, -0.2) is 82.1 Å². The summed E-state index contributed by atoms with van der Waals surface area (Å²) in [5.41, 5.74) is 0.193. The number of halogens is 1. The van der Waals surface area contributed by atoms with E-state index in [-0.39, 0.29) is 56.8 Å². The standard InChI is InChI=1S/C35H38BrN3O7/c1-22-29(24-14-7-3-8-15-24)45-34(44)27-28-32(42)39(18-11-19-40)31(35(28)20-25(36)30(27)46-35)33(43)38(21-23-12-5-2-6-13-23)17-10-4-9-16-26(41)37-22/h2-8,10,12-15,20,22,27-31,40H,9,11,16-19,21H2,1H3,(H,37,41)/b10-4-/t22-,27+,28-,29+,30+,31+,35-/m0/s1. The van der Waals surface area contributed by atoms with Gasteiger partial charge in [0.1, 0.15) is 29.8 Å². The van der Waals surface area contributed by atoms with E-state index in [4.69, 9.17) is 9.47 Å². The molecule has 0 aliphatic carbocycles. The van der Waals surface area contributed by atoms with E-state index in [0.29, 0.717) is 16.5 Å². The van der Waals surface area contributed by atoms with Crippen LogP contribution < -0.4 is 5.32 Å². The number of hydrogen-bond donors (Lipinski definition) is 2. The third-order valence-electron chi connectivity index (χ3n) is 9.26. The highest BCUT2D eigenvalue weighted by atomic mass is 79.9. The Bertz CT molecular complexity index is 1530. The summed E-state index contributed by atoms with van der Waals surface area (Å²) in [6.45, 7) is 2.25. The van der Waals surface area contributed by atoms with Crippen molar-refractivity contribution in [2.75, 3.05) is 19.7 Å². The number of allylic oxidation sites excluding steroid dienone is 1. The number of carbonyl (C=O) groups excluding carboxylic acids is 4. The van der Waals surface area contributed by atoms with Gasteiger partial charge in [-0.25, -0.2) is 0 Å². The van der Waals surface area contributed by atoms with Crippen LogP contribution in [0.4, 0.5) is 0 Å². The minimum absolute atomic E-state index is 0.121. The number of nitrogens with one attached hydrogen (secondary N) is 1. The molecule has 5 bridgehead atoms. The Kier molecular flexibility index (Phi) is 9.44. The minimum Gasteiger partial charge on any atom is -0.455 e. The first-order chi connectivity index (χ1) is 22.2.